The summed E-state index contributed by atoms with van der Waals surface area (Å²) < 4.78 is 5.82. The summed E-state index contributed by atoms with van der Waals surface area (Å²) >= 11 is 0. The highest BCUT2D eigenvalue weighted by atomic mass is 16.4. The van der Waals surface area contributed by atoms with E-state index >= 15 is 0 Å². The van der Waals surface area contributed by atoms with Crippen molar-refractivity contribution < 1.29 is 4.42 Å². The molecule has 1 saturated heterocycles. The van der Waals surface area contributed by atoms with Gasteiger partial charge >= 0.3 is 0 Å². The molecule has 1 aromatic rings. The molecule has 1 aliphatic heterocycles. The van der Waals surface area contributed by atoms with Crippen molar-refractivity contribution in [1.82, 2.24) is 10.3 Å². The fraction of sp³-hybridized carbons (Fsp3) is 0.727. The molecule has 3 rings (SSSR count). The first-order valence-corrected chi connectivity index (χ1v) is 5.65. The van der Waals surface area contributed by atoms with Crippen LogP contribution in [0, 0.1) is 0 Å². The summed E-state index contributed by atoms with van der Waals surface area (Å²) in [6.07, 6.45) is 7.18. The lowest BCUT2D eigenvalue weighted by Crippen LogP contribution is -2.13. The zero-order valence-corrected chi connectivity index (χ0v) is 8.38. The quantitative estimate of drug-likeness (QED) is 0.739. The minimum absolute atomic E-state index is 0.389. The first kappa shape index (κ1) is 8.48. The molecule has 1 atom stereocenters. The van der Waals surface area contributed by atoms with E-state index in [0.29, 0.717) is 6.04 Å². The van der Waals surface area contributed by atoms with Crippen LogP contribution in [0.3, 0.4) is 0 Å². The monoisotopic (exact) mass is 192 g/mol. The van der Waals surface area contributed by atoms with Crippen molar-refractivity contribution in [2.45, 2.75) is 44.6 Å². The van der Waals surface area contributed by atoms with E-state index in [-0.39, 0.29) is 0 Å². The van der Waals surface area contributed by atoms with Crippen molar-refractivity contribution in [3.8, 4) is 0 Å². The Morgan fingerprint density at radius 2 is 2.14 bits per heavy atom. The predicted molar refractivity (Wildman–Crippen MR) is 53.1 cm³/mol. The van der Waals surface area contributed by atoms with E-state index in [9.17, 15) is 0 Å². The topological polar surface area (TPSA) is 38.1 Å². The van der Waals surface area contributed by atoms with Gasteiger partial charge in [0.25, 0.3) is 0 Å². The van der Waals surface area contributed by atoms with Gasteiger partial charge in [0, 0.05) is 6.42 Å². The maximum absolute atomic E-state index is 5.82. The van der Waals surface area contributed by atoms with Crippen molar-refractivity contribution in [1.29, 1.82) is 0 Å². The molecular weight excluding hydrogens is 176 g/mol. The van der Waals surface area contributed by atoms with Crippen LogP contribution < -0.4 is 5.32 Å². The van der Waals surface area contributed by atoms with Crippen LogP contribution in [0.2, 0.25) is 0 Å². The molecule has 1 aromatic heterocycles. The van der Waals surface area contributed by atoms with Crippen LogP contribution in [-0.2, 0) is 12.8 Å². The van der Waals surface area contributed by atoms with Gasteiger partial charge in [-0.15, -0.1) is 0 Å². The summed E-state index contributed by atoms with van der Waals surface area (Å²) in [5.74, 6) is 2.09. The van der Waals surface area contributed by atoms with Gasteiger partial charge in [0.2, 0.25) is 5.89 Å². The molecule has 0 amide bonds. The SMILES string of the molecule is C1CCc2oc([C@@H]3CCCN3)nc2C1. The smallest absolute Gasteiger partial charge is 0.211 e. The molecule has 3 heteroatoms. The molecular formula is C11H16N2O. The Morgan fingerprint density at radius 3 is 2.93 bits per heavy atom. The second kappa shape index (κ2) is 3.39. The van der Waals surface area contributed by atoms with E-state index in [1.54, 1.807) is 0 Å². The molecule has 1 fully saturated rings. The Morgan fingerprint density at radius 1 is 1.21 bits per heavy atom. The number of hydrogen-bond donors (Lipinski definition) is 1. The van der Waals surface area contributed by atoms with E-state index in [1.165, 1.54) is 31.4 Å². The number of nitrogens with zero attached hydrogens (tertiary/aromatic N) is 1. The second-order valence-corrected chi connectivity index (χ2v) is 4.28. The highest BCUT2D eigenvalue weighted by Gasteiger charge is 2.24. The number of oxazole rings is 1. The summed E-state index contributed by atoms with van der Waals surface area (Å²) in [7, 11) is 0. The van der Waals surface area contributed by atoms with Crippen molar-refractivity contribution >= 4 is 0 Å². The lowest BCUT2D eigenvalue weighted by atomic mass is 10.0. The summed E-state index contributed by atoms with van der Waals surface area (Å²) in [6.45, 7) is 1.11. The first-order valence-electron chi connectivity index (χ1n) is 5.65. The molecule has 3 nitrogen and oxygen atoms in total. The molecule has 2 aliphatic rings. The third-order valence-electron chi connectivity index (χ3n) is 3.22. The third kappa shape index (κ3) is 1.36. The lowest BCUT2D eigenvalue weighted by molar-refractivity contribution is 0.397. The summed E-state index contributed by atoms with van der Waals surface area (Å²) in [4.78, 5) is 4.60. The Balaban J connectivity index is 1.87. The summed E-state index contributed by atoms with van der Waals surface area (Å²) in [6, 6.07) is 0.389. The average molecular weight is 192 g/mol. The van der Waals surface area contributed by atoms with Crippen molar-refractivity contribution in [2.75, 3.05) is 6.54 Å². The zero-order valence-electron chi connectivity index (χ0n) is 8.38. The Hall–Kier alpha value is -0.830. The number of hydrogen-bond acceptors (Lipinski definition) is 3. The van der Waals surface area contributed by atoms with Crippen LogP contribution in [0.15, 0.2) is 4.42 Å². The summed E-state index contributed by atoms with van der Waals surface area (Å²) in [5.41, 5.74) is 1.22. The van der Waals surface area contributed by atoms with Crippen LogP contribution in [0.5, 0.6) is 0 Å². The number of aromatic nitrogens is 1. The largest absolute Gasteiger partial charge is 0.444 e. The highest BCUT2D eigenvalue weighted by Crippen LogP contribution is 2.28. The van der Waals surface area contributed by atoms with Gasteiger partial charge in [-0.1, -0.05) is 0 Å². The highest BCUT2D eigenvalue weighted by molar-refractivity contribution is 5.14. The fourth-order valence-electron chi connectivity index (χ4n) is 2.42. The molecule has 76 valence electrons. The van der Waals surface area contributed by atoms with E-state index in [1.807, 2.05) is 0 Å². The van der Waals surface area contributed by atoms with E-state index in [2.05, 4.69) is 10.3 Å². The molecule has 1 aliphatic carbocycles. The van der Waals surface area contributed by atoms with E-state index < -0.39 is 0 Å². The Bertz CT molecular complexity index is 303. The second-order valence-electron chi connectivity index (χ2n) is 4.28. The third-order valence-corrected chi connectivity index (χ3v) is 3.22. The molecule has 0 radical (unpaired) electrons. The fourth-order valence-corrected chi connectivity index (χ4v) is 2.42. The normalized spacial score (nSPS) is 26.4. The van der Waals surface area contributed by atoms with Gasteiger partial charge < -0.3 is 9.73 Å². The van der Waals surface area contributed by atoms with Gasteiger partial charge in [0.15, 0.2) is 0 Å². The number of nitrogens with one attached hydrogen (secondary N) is 1. The molecule has 0 spiro atoms. The van der Waals surface area contributed by atoms with Crippen LogP contribution in [0.25, 0.3) is 0 Å². The predicted octanol–water partition coefficient (Wildman–Crippen LogP) is 1.98. The Labute approximate surface area is 83.9 Å². The molecule has 14 heavy (non-hydrogen) atoms. The van der Waals surface area contributed by atoms with Crippen molar-refractivity contribution in [3.63, 3.8) is 0 Å². The molecule has 1 N–H and O–H groups in total. The first-order chi connectivity index (χ1) is 6.93. The van der Waals surface area contributed by atoms with E-state index in [0.717, 1.165) is 31.0 Å². The van der Waals surface area contributed by atoms with Crippen LogP contribution >= 0.6 is 0 Å². The van der Waals surface area contributed by atoms with Crippen LogP contribution in [0.4, 0.5) is 0 Å². The molecule has 0 unspecified atom stereocenters. The van der Waals surface area contributed by atoms with Crippen molar-refractivity contribution in [2.24, 2.45) is 0 Å². The number of aryl methyl sites for hydroxylation is 2. The molecule has 2 heterocycles. The van der Waals surface area contributed by atoms with Gasteiger partial charge in [-0.2, -0.15) is 0 Å². The van der Waals surface area contributed by atoms with Crippen molar-refractivity contribution in [3.05, 3.63) is 17.3 Å². The minimum Gasteiger partial charge on any atom is -0.444 e. The molecule has 0 bridgehead atoms. The van der Waals surface area contributed by atoms with E-state index in [4.69, 9.17) is 4.42 Å². The van der Waals surface area contributed by atoms with Crippen LogP contribution in [-0.4, -0.2) is 11.5 Å². The summed E-state index contributed by atoms with van der Waals surface area (Å²) in [5, 5.41) is 3.43. The average Bonchev–Trinajstić information content (AvgIpc) is 2.86. The van der Waals surface area contributed by atoms with Crippen LogP contribution in [0.1, 0.15) is 49.1 Å². The standard InChI is InChI=1S/C11H16N2O/c1-2-6-10-8(4-1)13-11(14-10)9-5-3-7-12-9/h9,12H,1-7H2/t9-/m0/s1. The molecule has 0 saturated carbocycles. The number of rotatable bonds is 1. The van der Waals surface area contributed by atoms with Gasteiger partial charge in [0.05, 0.1) is 11.7 Å². The van der Waals surface area contributed by atoms with Gasteiger partial charge in [0.1, 0.15) is 5.76 Å². The number of fused-ring (bicyclic) bond motifs is 1. The minimum atomic E-state index is 0.389. The van der Waals surface area contributed by atoms with Gasteiger partial charge in [-0.25, -0.2) is 4.98 Å². The maximum Gasteiger partial charge on any atom is 0.211 e. The lowest BCUT2D eigenvalue weighted by Gasteiger charge is -2.05. The molecule has 0 aromatic carbocycles. The maximum atomic E-state index is 5.82. The zero-order chi connectivity index (χ0) is 9.38. The van der Waals surface area contributed by atoms with Gasteiger partial charge in [-0.3, -0.25) is 0 Å². The van der Waals surface area contributed by atoms with Gasteiger partial charge in [-0.05, 0) is 38.6 Å². The Kier molecular flexibility index (Phi) is 2.05.